The lowest BCUT2D eigenvalue weighted by Crippen LogP contribution is -2.30. The van der Waals surface area contributed by atoms with E-state index in [1.165, 1.54) is 13.1 Å². The first-order chi connectivity index (χ1) is 15.1. The molecule has 1 N–H and O–H groups in total. The van der Waals surface area contributed by atoms with E-state index in [2.05, 4.69) is 9.82 Å². The Hall–Kier alpha value is -2.39. The highest BCUT2D eigenvalue weighted by molar-refractivity contribution is 7.89. The second-order valence-corrected chi connectivity index (χ2v) is 10.4. The van der Waals surface area contributed by atoms with Crippen LogP contribution in [0, 0.1) is 13.8 Å². The fourth-order valence-electron chi connectivity index (χ4n) is 3.99. The second kappa shape index (κ2) is 8.51. The van der Waals surface area contributed by atoms with E-state index in [4.69, 9.17) is 23.2 Å². The molecule has 2 aromatic carbocycles. The Bertz CT molecular complexity index is 1340. The Kier molecular flexibility index (Phi) is 6.06. The highest BCUT2D eigenvalue weighted by atomic mass is 35.5. The third-order valence-electron chi connectivity index (χ3n) is 5.73. The van der Waals surface area contributed by atoms with Crippen LogP contribution in [-0.4, -0.2) is 37.7 Å². The number of nitrogens with one attached hydrogen (secondary N) is 1. The zero-order valence-electron chi connectivity index (χ0n) is 17.8. The molecule has 1 aliphatic rings. The SMILES string of the molecule is CNS(=O)(=O)c1ccc2c(c1)CCN2C(=O)Cc1c(C)nn(-c2ccc(Cl)cc2Cl)c1C. The number of anilines is 1. The van der Waals surface area contributed by atoms with Gasteiger partial charge in [-0.15, -0.1) is 0 Å². The van der Waals surface area contributed by atoms with Gasteiger partial charge in [0.15, 0.2) is 0 Å². The zero-order chi connectivity index (χ0) is 23.2. The fraction of sp³-hybridized carbons (Fsp3) is 0.273. The van der Waals surface area contributed by atoms with Crippen molar-refractivity contribution in [2.24, 2.45) is 0 Å². The molecule has 0 aliphatic carbocycles. The minimum Gasteiger partial charge on any atom is -0.312 e. The van der Waals surface area contributed by atoms with Crippen molar-refractivity contribution in [3.63, 3.8) is 0 Å². The van der Waals surface area contributed by atoms with Gasteiger partial charge in [-0.3, -0.25) is 4.79 Å². The lowest BCUT2D eigenvalue weighted by Gasteiger charge is -2.18. The van der Waals surface area contributed by atoms with E-state index < -0.39 is 10.0 Å². The van der Waals surface area contributed by atoms with E-state index in [-0.39, 0.29) is 17.2 Å². The summed E-state index contributed by atoms with van der Waals surface area (Å²) in [4.78, 5) is 15.1. The summed E-state index contributed by atoms with van der Waals surface area (Å²) in [7, 11) is -2.16. The molecule has 1 aliphatic heterocycles. The highest BCUT2D eigenvalue weighted by Gasteiger charge is 2.28. The maximum atomic E-state index is 13.2. The number of hydrogen-bond acceptors (Lipinski definition) is 4. The molecule has 7 nitrogen and oxygen atoms in total. The van der Waals surface area contributed by atoms with E-state index in [0.717, 1.165) is 28.2 Å². The van der Waals surface area contributed by atoms with Crippen molar-refractivity contribution in [2.45, 2.75) is 31.6 Å². The average Bonchev–Trinajstić information content (AvgIpc) is 3.29. The number of rotatable bonds is 5. The van der Waals surface area contributed by atoms with Gasteiger partial charge in [-0.25, -0.2) is 17.8 Å². The maximum absolute atomic E-state index is 13.2. The molecule has 3 aromatic rings. The van der Waals surface area contributed by atoms with Crippen molar-refractivity contribution in [1.82, 2.24) is 14.5 Å². The van der Waals surface area contributed by atoms with Gasteiger partial charge in [0.25, 0.3) is 0 Å². The number of carbonyl (C=O) groups excluding carboxylic acids is 1. The van der Waals surface area contributed by atoms with Crippen LogP contribution >= 0.6 is 23.2 Å². The normalized spacial score (nSPS) is 13.5. The predicted molar refractivity (Wildman–Crippen MR) is 126 cm³/mol. The van der Waals surface area contributed by atoms with E-state index in [1.54, 1.807) is 39.9 Å². The molecular weight excluding hydrogens is 471 g/mol. The molecule has 32 heavy (non-hydrogen) atoms. The molecule has 0 saturated heterocycles. The Morgan fingerprint density at radius 3 is 2.53 bits per heavy atom. The molecule has 0 atom stereocenters. The van der Waals surface area contributed by atoms with Crippen molar-refractivity contribution in [2.75, 3.05) is 18.5 Å². The molecule has 0 unspecified atom stereocenters. The van der Waals surface area contributed by atoms with Gasteiger partial charge >= 0.3 is 0 Å². The van der Waals surface area contributed by atoms with Crippen molar-refractivity contribution < 1.29 is 13.2 Å². The van der Waals surface area contributed by atoms with Crippen LogP contribution in [0.3, 0.4) is 0 Å². The van der Waals surface area contributed by atoms with E-state index in [0.29, 0.717) is 28.7 Å². The van der Waals surface area contributed by atoms with Gasteiger partial charge in [0.1, 0.15) is 0 Å². The summed E-state index contributed by atoms with van der Waals surface area (Å²) in [6, 6.07) is 10.0. The Morgan fingerprint density at radius 2 is 1.84 bits per heavy atom. The van der Waals surface area contributed by atoms with Gasteiger partial charge in [-0.1, -0.05) is 23.2 Å². The molecular formula is C22H22Cl2N4O3S. The van der Waals surface area contributed by atoms with Crippen molar-refractivity contribution in [1.29, 1.82) is 0 Å². The fourth-order valence-corrected chi connectivity index (χ4v) is 5.26. The Balaban J connectivity index is 1.61. The molecule has 0 saturated carbocycles. The molecule has 0 spiro atoms. The average molecular weight is 493 g/mol. The molecule has 4 rings (SSSR count). The third kappa shape index (κ3) is 4.03. The smallest absolute Gasteiger partial charge is 0.240 e. The second-order valence-electron chi connectivity index (χ2n) is 7.63. The van der Waals surface area contributed by atoms with E-state index in [1.807, 2.05) is 13.8 Å². The van der Waals surface area contributed by atoms with Crippen LogP contribution in [0.25, 0.3) is 5.69 Å². The van der Waals surface area contributed by atoms with Gasteiger partial charge in [0, 0.05) is 28.5 Å². The summed E-state index contributed by atoms with van der Waals surface area (Å²) in [5.74, 6) is -0.0686. The predicted octanol–water partition coefficient (Wildman–Crippen LogP) is 3.84. The van der Waals surface area contributed by atoms with Crippen LogP contribution < -0.4 is 9.62 Å². The summed E-state index contributed by atoms with van der Waals surface area (Å²) in [5, 5.41) is 5.60. The molecule has 168 valence electrons. The number of hydrogen-bond donors (Lipinski definition) is 1. The number of carbonyl (C=O) groups is 1. The molecule has 0 bridgehead atoms. The summed E-state index contributed by atoms with van der Waals surface area (Å²) >= 11 is 12.4. The Morgan fingerprint density at radius 1 is 1.12 bits per heavy atom. The molecule has 10 heteroatoms. The number of aryl methyl sites for hydroxylation is 1. The number of benzene rings is 2. The first-order valence-corrected chi connectivity index (χ1v) is 12.2. The summed E-state index contributed by atoms with van der Waals surface area (Å²) < 4.78 is 28.2. The van der Waals surface area contributed by atoms with Gasteiger partial charge in [-0.05, 0) is 69.3 Å². The van der Waals surface area contributed by atoms with Crippen molar-refractivity contribution in [3.8, 4) is 5.69 Å². The number of fused-ring (bicyclic) bond motifs is 1. The van der Waals surface area contributed by atoms with E-state index in [9.17, 15) is 13.2 Å². The highest BCUT2D eigenvalue weighted by Crippen LogP contribution is 2.32. The molecule has 1 amide bonds. The number of sulfonamides is 1. The van der Waals surface area contributed by atoms with E-state index >= 15 is 0 Å². The van der Waals surface area contributed by atoms with Crippen LogP contribution in [0.4, 0.5) is 5.69 Å². The number of aromatic nitrogens is 2. The van der Waals surface area contributed by atoms with Crippen LogP contribution in [0.5, 0.6) is 0 Å². The first kappa shape index (κ1) is 22.8. The van der Waals surface area contributed by atoms with Gasteiger partial charge in [-0.2, -0.15) is 5.10 Å². The minimum absolute atomic E-state index is 0.0686. The summed E-state index contributed by atoms with van der Waals surface area (Å²) in [6.07, 6.45) is 0.782. The maximum Gasteiger partial charge on any atom is 0.240 e. The monoisotopic (exact) mass is 492 g/mol. The molecule has 0 fully saturated rings. The topological polar surface area (TPSA) is 84.3 Å². The van der Waals surface area contributed by atoms with Crippen LogP contribution in [0.2, 0.25) is 10.0 Å². The van der Waals surface area contributed by atoms with Crippen molar-refractivity contribution >= 4 is 44.8 Å². The van der Waals surface area contributed by atoms with Crippen LogP contribution in [-0.2, 0) is 27.7 Å². The summed E-state index contributed by atoms with van der Waals surface area (Å²) in [5.41, 5.74) is 4.69. The van der Waals surface area contributed by atoms with Crippen LogP contribution in [0.1, 0.15) is 22.5 Å². The lowest BCUT2D eigenvalue weighted by molar-refractivity contribution is -0.117. The van der Waals surface area contributed by atoms with Crippen LogP contribution in [0.15, 0.2) is 41.3 Å². The standard InChI is InChI=1S/C22H22Cl2N4O3S/c1-13-18(14(2)28(26-13)21-6-4-16(23)11-19(21)24)12-22(29)27-9-8-15-10-17(5-7-20(15)27)32(30,31)25-3/h4-7,10-11,25H,8-9,12H2,1-3H3. The quantitative estimate of drug-likeness (QED) is 0.586. The number of nitrogens with zero attached hydrogens (tertiary/aromatic N) is 3. The lowest BCUT2D eigenvalue weighted by atomic mass is 10.1. The Labute approximate surface area is 197 Å². The van der Waals surface area contributed by atoms with Gasteiger partial charge in [0.05, 0.1) is 27.7 Å². The molecule has 1 aromatic heterocycles. The largest absolute Gasteiger partial charge is 0.312 e. The van der Waals surface area contributed by atoms with Gasteiger partial charge in [0.2, 0.25) is 15.9 Å². The number of amides is 1. The van der Waals surface area contributed by atoms with Gasteiger partial charge < -0.3 is 4.90 Å². The minimum atomic E-state index is -3.53. The summed E-state index contributed by atoms with van der Waals surface area (Å²) in [6.45, 7) is 4.27. The first-order valence-electron chi connectivity index (χ1n) is 9.99. The third-order valence-corrected chi connectivity index (χ3v) is 7.68. The zero-order valence-corrected chi connectivity index (χ0v) is 20.1. The molecule has 0 radical (unpaired) electrons. The number of halogens is 2. The van der Waals surface area contributed by atoms with Crippen molar-refractivity contribution in [3.05, 3.63) is 69.0 Å². The molecule has 2 heterocycles.